The number of aromatic amines is 1. The third-order valence-corrected chi connectivity index (χ3v) is 5.11. The van der Waals surface area contributed by atoms with Gasteiger partial charge in [-0.2, -0.15) is 0 Å². The summed E-state index contributed by atoms with van der Waals surface area (Å²) in [6.07, 6.45) is 6.95. The van der Waals surface area contributed by atoms with Gasteiger partial charge in [-0.25, -0.2) is 0 Å². The van der Waals surface area contributed by atoms with Crippen molar-refractivity contribution in [2.45, 2.75) is 31.3 Å². The first kappa shape index (κ1) is 12.2. The van der Waals surface area contributed by atoms with Crippen molar-refractivity contribution in [1.29, 1.82) is 0 Å². The molecule has 0 fully saturated rings. The van der Waals surface area contributed by atoms with Crippen LogP contribution in [0.15, 0.2) is 22.3 Å². The fourth-order valence-corrected chi connectivity index (χ4v) is 4.11. The molecule has 0 saturated carbocycles. The average Bonchev–Trinajstić information content (AvgIpc) is 2.99. The summed E-state index contributed by atoms with van der Waals surface area (Å²) in [5.41, 5.74) is 0.539. The number of pyridine rings is 1. The lowest BCUT2D eigenvalue weighted by atomic mass is 9.91. The highest BCUT2D eigenvalue weighted by atomic mass is 32.1. The Morgan fingerprint density at radius 2 is 2.35 bits per heavy atom. The quantitative estimate of drug-likeness (QED) is 0.793. The molecule has 2 aliphatic rings. The van der Waals surface area contributed by atoms with Crippen LogP contribution in [-0.4, -0.2) is 16.7 Å². The second-order valence-corrected chi connectivity index (χ2v) is 6.31. The molecule has 2 aromatic heterocycles. The van der Waals surface area contributed by atoms with E-state index in [1.165, 1.54) is 11.3 Å². The molecule has 1 atom stereocenters. The van der Waals surface area contributed by atoms with Gasteiger partial charge >= 0.3 is 0 Å². The maximum Gasteiger partial charge on any atom is 0.266 e. The molecule has 104 valence electrons. The molecule has 4 rings (SSSR count). The number of rotatable bonds is 1. The first-order chi connectivity index (χ1) is 9.69. The molecule has 1 unspecified atom stereocenters. The summed E-state index contributed by atoms with van der Waals surface area (Å²) in [5, 5.41) is 13.6. The second kappa shape index (κ2) is 4.20. The number of aliphatic hydroxyl groups is 1. The number of thiophene rings is 1. The Bertz CT molecular complexity index is 773. The van der Waals surface area contributed by atoms with Crippen molar-refractivity contribution in [3.8, 4) is 5.75 Å². The van der Waals surface area contributed by atoms with E-state index in [1.54, 1.807) is 6.08 Å². The van der Waals surface area contributed by atoms with Crippen LogP contribution >= 0.6 is 11.3 Å². The fraction of sp³-hybridized carbons (Fsp3) is 0.400. The molecule has 0 aromatic carbocycles. The van der Waals surface area contributed by atoms with Crippen LogP contribution in [0.25, 0.3) is 10.1 Å². The lowest BCUT2D eigenvalue weighted by Crippen LogP contribution is -2.27. The van der Waals surface area contributed by atoms with Gasteiger partial charge in [0.1, 0.15) is 16.1 Å². The van der Waals surface area contributed by atoms with Crippen LogP contribution in [-0.2, 0) is 12.0 Å². The summed E-state index contributed by atoms with van der Waals surface area (Å²) in [7, 11) is 0. The largest absolute Gasteiger partial charge is 0.492 e. The van der Waals surface area contributed by atoms with Gasteiger partial charge in [0.05, 0.1) is 12.3 Å². The van der Waals surface area contributed by atoms with Gasteiger partial charge in [-0.1, -0.05) is 12.2 Å². The van der Waals surface area contributed by atoms with Crippen molar-refractivity contribution in [2.24, 2.45) is 0 Å². The maximum atomic E-state index is 12.3. The van der Waals surface area contributed by atoms with Gasteiger partial charge in [-0.3, -0.25) is 4.79 Å². The number of hydrogen-bond acceptors (Lipinski definition) is 4. The average molecular weight is 289 g/mol. The molecule has 0 saturated heterocycles. The summed E-state index contributed by atoms with van der Waals surface area (Å²) in [4.78, 5) is 15.2. The van der Waals surface area contributed by atoms with Gasteiger partial charge in [0.25, 0.3) is 5.56 Å². The zero-order chi connectivity index (χ0) is 13.7. The first-order valence-corrected chi connectivity index (χ1v) is 7.77. The van der Waals surface area contributed by atoms with Crippen molar-refractivity contribution in [2.75, 3.05) is 6.61 Å². The van der Waals surface area contributed by atoms with Crippen LogP contribution in [0.2, 0.25) is 0 Å². The van der Waals surface area contributed by atoms with Crippen molar-refractivity contribution in [3.05, 3.63) is 39.1 Å². The van der Waals surface area contributed by atoms with E-state index in [9.17, 15) is 9.90 Å². The van der Waals surface area contributed by atoms with E-state index >= 15 is 0 Å². The molecule has 4 nitrogen and oxygen atoms in total. The van der Waals surface area contributed by atoms with E-state index in [0.717, 1.165) is 36.0 Å². The normalized spacial score (nSPS) is 24.9. The van der Waals surface area contributed by atoms with Gasteiger partial charge in [-0.15, -0.1) is 11.3 Å². The van der Waals surface area contributed by atoms with Gasteiger partial charge in [-0.05, 0) is 31.2 Å². The molecular formula is C15H15NO3S. The fourth-order valence-electron chi connectivity index (χ4n) is 3.20. The van der Waals surface area contributed by atoms with E-state index in [1.807, 2.05) is 11.5 Å². The van der Waals surface area contributed by atoms with E-state index in [2.05, 4.69) is 4.98 Å². The van der Waals surface area contributed by atoms with Crippen molar-refractivity contribution in [1.82, 2.24) is 4.98 Å². The number of aryl methyl sites for hydroxylation is 1. The Kier molecular flexibility index (Phi) is 2.56. The SMILES string of the molecule is O=c1[nH]c(C2(O)C=CCC2)c2c3c(csc13)OCCC2. The summed E-state index contributed by atoms with van der Waals surface area (Å²) in [6.45, 7) is 0.655. The van der Waals surface area contributed by atoms with Crippen molar-refractivity contribution < 1.29 is 9.84 Å². The Morgan fingerprint density at radius 3 is 3.15 bits per heavy atom. The molecule has 5 heteroatoms. The predicted molar refractivity (Wildman–Crippen MR) is 78.5 cm³/mol. The van der Waals surface area contributed by atoms with E-state index in [4.69, 9.17) is 4.74 Å². The van der Waals surface area contributed by atoms with Crippen LogP contribution < -0.4 is 10.3 Å². The highest BCUT2D eigenvalue weighted by Gasteiger charge is 2.34. The van der Waals surface area contributed by atoms with Crippen LogP contribution in [0.1, 0.15) is 30.5 Å². The summed E-state index contributed by atoms with van der Waals surface area (Å²) in [5.74, 6) is 0.787. The molecular weight excluding hydrogens is 274 g/mol. The van der Waals surface area contributed by atoms with Crippen LogP contribution in [0.4, 0.5) is 0 Å². The third kappa shape index (κ3) is 1.60. The monoisotopic (exact) mass is 289 g/mol. The number of aromatic nitrogens is 1. The number of nitrogens with one attached hydrogen (secondary N) is 1. The van der Waals surface area contributed by atoms with E-state index in [0.29, 0.717) is 23.4 Å². The van der Waals surface area contributed by atoms with Gasteiger partial charge in [0, 0.05) is 10.8 Å². The van der Waals surface area contributed by atoms with Gasteiger partial charge in [0.2, 0.25) is 0 Å². The highest BCUT2D eigenvalue weighted by molar-refractivity contribution is 7.17. The van der Waals surface area contributed by atoms with E-state index < -0.39 is 5.60 Å². The number of ether oxygens (including phenoxy) is 1. The molecule has 2 N–H and O–H groups in total. The van der Waals surface area contributed by atoms with Crippen molar-refractivity contribution >= 4 is 21.4 Å². The Hall–Kier alpha value is -1.59. The minimum Gasteiger partial charge on any atom is -0.492 e. The van der Waals surface area contributed by atoms with Crippen LogP contribution in [0.5, 0.6) is 5.75 Å². The minimum absolute atomic E-state index is 0.130. The molecule has 0 amide bonds. The number of hydrogen-bond donors (Lipinski definition) is 2. The maximum absolute atomic E-state index is 12.3. The number of H-pyrrole nitrogens is 1. The topological polar surface area (TPSA) is 62.3 Å². The molecule has 2 aromatic rings. The Balaban J connectivity index is 2.08. The molecule has 1 aliphatic heterocycles. The zero-order valence-electron chi connectivity index (χ0n) is 10.9. The lowest BCUT2D eigenvalue weighted by Gasteiger charge is -2.23. The van der Waals surface area contributed by atoms with Crippen LogP contribution in [0, 0.1) is 0 Å². The standard InChI is InChI=1S/C15H15NO3S/c17-14-12-11-9(4-3-7-19-10(11)8-20-12)13(16-14)15(18)5-1-2-6-15/h1,5,8,18H,2-4,6-7H2,(H,16,17). The summed E-state index contributed by atoms with van der Waals surface area (Å²) >= 11 is 1.41. The Morgan fingerprint density at radius 1 is 1.45 bits per heavy atom. The zero-order valence-corrected chi connectivity index (χ0v) is 11.8. The smallest absolute Gasteiger partial charge is 0.266 e. The Labute approximate surface area is 119 Å². The van der Waals surface area contributed by atoms with Gasteiger partial charge in [0.15, 0.2) is 0 Å². The summed E-state index contributed by atoms with van der Waals surface area (Å²) in [6, 6.07) is 0. The first-order valence-electron chi connectivity index (χ1n) is 6.89. The van der Waals surface area contributed by atoms with Crippen molar-refractivity contribution in [3.63, 3.8) is 0 Å². The lowest BCUT2D eigenvalue weighted by molar-refractivity contribution is 0.0837. The molecule has 1 aliphatic carbocycles. The predicted octanol–water partition coefficient (Wildman–Crippen LogP) is 2.45. The summed E-state index contributed by atoms with van der Waals surface area (Å²) < 4.78 is 6.42. The highest BCUT2D eigenvalue weighted by Crippen LogP contribution is 2.41. The minimum atomic E-state index is -1.04. The molecule has 0 radical (unpaired) electrons. The third-order valence-electron chi connectivity index (χ3n) is 4.15. The number of allylic oxidation sites excluding steroid dienone is 1. The molecule has 0 spiro atoms. The van der Waals surface area contributed by atoms with E-state index in [-0.39, 0.29) is 5.56 Å². The molecule has 20 heavy (non-hydrogen) atoms. The second-order valence-electron chi connectivity index (χ2n) is 5.43. The van der Waals surface area contributed by atoms with Gasteiger partial charge < -0.3 is 14.8 Å². The van der Waals surface area contributed by atoms with Crippen LogP contribution in [0.3, 0.4) is 0 Å². The molecule has 3 heterocycles. The molecule has 0 bridgehead atoms.